The number of nitrogens with two attached hydrogens (primary N) is 1. The van der Waals surface area contributed by atoms with Gasteiger partial charge in [-0.25, -0.2) is 15.0 Å². The molecule has 0 saturated heterocycles. The zero-order chi connectivity index (χ0) is 14.8. The molecular formula is C12H20N5O2P. The molecule has 2 rings (SSSR count). The quantitative estimate of drug-likeness (QED) is 0.646. The van der Waals surface area contributed by atoms with Crippen molar-refractivity contribution in [2.24, 2.45) is 0 Å². The second kappa shape index (κ2) is 5.89. The van der Waals surface area contributed by atoms with E-state index in [-0.39, 0.29) is 6.04 Å². The van der Waals surface area contributed by atoms with Crippen LogP contribution >= 0.6 is 7.14 Å². The monoisotopic (exact) mass is 297 g/mol. The third-order valence-electron chi connectivity index (χ3n) is 2.94. The number of hydrogen-bond donors (Lipinski definition) is 1. The van der Waals surface area contributed by atoms with Crippen molar-refractivity contribution in [2.45, 2.75) is 19.4 Å². The third-order valence-corrected chi connectivity index (χ3v) is 3.75. The van der Waals surface area contributed by atoms with E-state index in [9.17, 15) is 4.57 Å². The van der Waals surface area contributed by atoms with Crippen molar-refractivity contribution in [3.05, 3.63) is 12.7 Å². The van der Waals surface area contributed by atoms with Gasteiger partial charge in [0.1, 0.15) is 19.0 Å². The van der Waals surface area contributed by atoms with Crippen molar-refractivity contribution in [3.63, 3.8) is 0 Å². The van der Waals surface area contributed by atoms with Gasteiger partial charge in [0.05, 0.1) is 12.7 Å². The molecule has 110 valence electrons. The van der Waals surface area contributed by atoms with Crippen molar-refractivity contribution >= 4 is 24.1 Å². The molecular weight excluding hydrogens is 277 g/mol. The van der Waals surface area contributed by atoms with Crippen LogP contribution in [-0.2, 0) is 9.30 Å². The first-order valence-electron chi connectivity index (χ1n) is 6.43. The molecule has 0 aliphatic rings. The SMILES string of the molecule is CC(CCOCP(C)(C)=O)n1cnc2c(N)ncnc21. The first-order valence-corrected chi connectivity index (χ1v) is 9.22. The van der Waals surface area contributed by atoms with Crippen molar-refractivity contribution < 1.29 is 9.30 Å². The highest BCUT2D eigenvalue weighted by atomic mass is 31.2. The van der Waals surface area contributed by atoms with Crippen LogP contribution in [0.25, 0.3) is 11.2 Å². The maximum atomic E-state index is 11.5. The molecule has 0 aliphatic heterocycles. The Kier molecular flexibility index (Phi) is 4.40. The van der Waals surface area contributed by atoms with E-state index in [1.807, 2.05) is 4.57 Å². The molecule has 0 aliphatic carbocycles. The normalized spacial score (nSPS) is 13.8. The number of fused-ring (bicyclic) bond motifs is 1. The van der Waals surface area contributed by atoms with Gasteiger partial charge in [0, 0.05) is 12.6 Å². The second-order valence-electron chi connectivity index (χ2n) is 5.33. The van der Waals surface area contributed by atoms with E-state index in [2.05, 4.69) is 21.9 Å². The highest BCUT2D eigenvalue weighted by Gasteiger charge is 2.13. The van der Waals surface area contributed by atoms with E-state index >= 15 is 0 Å². The lowest BCUT2D eigenvalue weighted by molar-refractivity contribution is 0.161. The summed E-state index contributed by atoms with van der Waals surface area (Å²) in [6.07, 6.45) is 4.25. The van der Waals surface area contributed by atoms with Crippen LogP contribution in [0.3, 0.4) is 0 Å². The Labute approximate surface area is 117 Å². The minimum absolute atomic E-state index is 0.169. The summed E-state index contributed by atoms with van der Waals surface area (Å²) < 4.78 is 18.9. The third kappa shape index (κ3) is 3.55. The van der Waals surface area contributed by atoms with Crippen molar-refractivity contribution in [1.82, 2.24) is 19.5 Å². The minimum Gasteiger partial charge on any atom is -0.382 e. The van der Waals surface area contributed by atoms with Gasteiger partial charge in [0.15, 0.2) is 11.5 Å². The van der Waals surface area contributed by atoms with Crippen molar-refractivity contribution in [1.29, 1.82) is 0 Å². The van der Waals surface area contributed by atoms with E-state index in [1.54, 1.807) is 19.7 Å². The Morgan fingerprint density at radius 1 is 1.40 bits per heavy atom. The van der Waals surface area contributed by atoms with Gasteiger partial charge in [-0.15, -0.1) is 0 Å². The molecule has 7 nitrogen and oxygen atoms in total. The fraction of sp³-hybridized carbons (Fsp3) is 0.583. The summed E-state index contributed by atoms with van der Waals surface area (Å²) in [4.78, 5) is 12.4. The van der Waals surface area contributed by atoms with Crippen LogP contribution in [0.2, 0.25) is 0 Å². The summed E-state index contributed by atoms with van der Waals surface area (Å²) in [5, 5.41) is 0. The summed E-state index contributed by atoms with van der Waals surface area (Å²) in [5.41, 5.74) is 7.10. The number of ether oxygens (including phenoxy) is 1. The lowest BCUT2D eigenvalue weighted by atomic mass is 10.2. The maximum absolute atomic E-state index is 11.5. The largest absolute Gasteiger partial charge is 0.382 e. The Morgan fingerprint density at radius 3 is 2.85 bits per heavy atom. The number of aromatic nitrogens is 4. The summed E-state index contributed by atoms with van der Waals surface area (Å²) in [6, 6.07) is 0.169. The number of hydrogen-bond acceptors (Lipinski definition) is 6. The first-order chi connectivity index (χ1) is 9.38. The van der Waals surface area contributed by atoms with Gasteiger partial charge in [-0.3, -0.25) is 0 Å². The molecule has 2 N–H and O–H groups in total. The number of nitrogens with zero attached hydrogens (tertiary/aromatic N) is 4. The van der Waals surface area contributed by atoms with E-state index < -0.39 is 7.14 Å². The maximum Gasteiger partial charge on any atom is 0.165 e. The van der Waals surface area contributed by atoms with E-state index in [1.165, 1.54) is 6.33 Å². The molecule has 0 fully saturated rings. The number of nitrogen functional groups attached to an aromatic ring is 1. The molecule has 0 spiro atoms. The van der Waals surface area contributed by atoms with Crippen LogP contribution in [0.5, 0.6) is 0 Å². The molecule has 2 aromatic heterocycles. The average Bonchev–Trinajstić information content (AvgIpc) is 2.78. The molecule has 8 heteroatoms. The predicted octanol–water partition coefficient (Wildman–Crippen LogP) is 1.96. The molecule has 0 bridgehead atoms. The van der Waals surface area contributed by atoms with Gasteiger partial charge in [-0.05, 0) is 26.7 Å². The van der Waals surface area contributed by atoms with Crippen molar-refractivity contribution in [3.8, 4) is 0 Å². The molecule has 1 unspecified atom stereocenters. The molecule has 0 radical (unpaired) electrons. The summed E-state index contributed by atoms with van der Waals surface area (Å²) in [5.74, 6) is 0.384. The molecule has 1 atom stereocenters. The minimum atomic E-state index is -2.11. The first kappa shape index (κ1) is 14.9. The summed E-state index contributed by atoms with van der Waals surface area (Å²) in [7, 11) is -2.11. The molecule has 0 saturated carbocycles. The van der Waals surface area contributed by atoms with Gasteiger partial charge in [0.25, 0.3) is 0 Å². The van der Waals surface area contributed by atoms with Gasteiger partial charge in [-0.1, -0.05) is 0 Å². The highest BCUT2D eigenvalue weighted by Crippen LogP contribution is 2.35. The van der Waals surface area contributed by atoms with Crippen LogP contribution < -0.4 is 5.73 Å². The Hall–Kier alpha value is -1.46. The van der Waals surface area contributed by atoms with E-state index in [0.717, 1.165) is 12.1 Å². The average molecular weight is 297 g/mol. The van der Waals surface area contributed by atoms with Crippen LogP contribution in [-0.4, -0.2) is 45.8 Å². The summed E-state index contributed by atoms with van der Waals surface area (Å²) in [6.45, 7) is 6.05. The summed E-state index contributed by atoms with van der Waals surface area (Å²) >= 11 is 0. The van der Waals surface area contributed by atoms with Crippen LogP contribution in [0.15, 0.2) is 12.7 Å². The fourth-order valence-electron chi connectivity index (χ4n) is 1.87. The fourth-order valence-corrected chi connectivity index (χ4v) is 2.44. The standard InChI is InChI=1S/C12H20N5O2P/c1-9(4-5-19-8-20(2,3)18)17-7-16-10-11(13)14-6-15-12(10)17/h6-7,9H,4-5,8H2,1-3H3,(H2,13,14,15). The Balaban J connectivity index is 2.00. The van der Waals surface area contributed by atoms with Crippen molar-refractivity contribution in [2.75, 3.05) is 32.0 Å². The zero-order valence-corrected chi connectivity index (χ0v) is 12.9. The molecule has 2 heterocycles. The lowest BCUT2D eigenvalue weighted by Crippen LogP contribution is -2.09. The van der Waals surface area contributed by atoms with Gasteiger partial charge in [-0.2, -0.15) is 0 Å². The van der Waals surface area contributed by atoms with Crippen LogP contribution in [0, 0.1) is 0 Å². The van der Waals surface area contributed by atoms with Crippen LogP contribution in [0.4, 0.5) is 5.82 Å². The topological polar surface area (TPSA) is 95.9 Å². The molecule has 20 heavy (non-hydrogen) atoms. The molecule has 0 amide bonds. The second-order valence-corrected chi connectivity index (χ2v) is 8.74. The highest BCUT2D eigenvalue weighted by molar-refractivity contribution is 7.62. The lowest BCUT2D eigenvalue weighted by Gasteiger charge is -2.14. The van der Waals surface area contributed by atoms with Gasteiger partial charge < -0.3 is 19.6 Å². The van der Waals surface area contributed by atoms with Crippen LogP contribution in [0.1, 0.15) is 19.4 Å². The Bertz CT molecular complexity index is 636. The number of imidazole rings is 1. The molecule has 0 aromatic carbocycles. The van der Waals surface area contributed by atoms with E-state index in [4.69, 9.17) is 10.5 Å². The Morgan fingerprint density at radius 2 is 2.15 bits per heavy atom. The number of anilines is 1. The number of rotatable bonds is 6. The van der Waals surface area contributed by atoms with E-state index in [0.29, 0.717) is 24.3 Å². The zero-order valence-electron chi connectivity index (χ0n) is 12.0. The smallest absolute Gasteiger partial charge is 0.165 e. The van der Waals surface area contributed by atoms with Gasteiger partial charge in [0.2, 0.25) is 0 Å². The molecule has 2 aromatic rings. The van der Waals surface area contributed by atoms with Gasteiger partial charge >= 0.3 is 0 Å². The predicted molar refractivity (Wildman–Crippen MR) is 79.3 cm³/mol.